The van der Waals surface area contributed by atoms with Gasteiger partial charge in [0.25, 0.3) is 0 Å². The number of hydrogen-bond acceptors (Lipinski definition) is 4. The molecular weight excluding hydrogens is 308 g/mol. The van der Waals surface area contributed by atoms with Crippen molar-refractivity contribution in [2.24, 2.45) is 0 Å². The van der Waals surface area contributed by atoms with Gasteiger partial charge in [0.05, 0.1) is 12.6 Å². The van der Waals surface area contributed by atoms with Gasteiger partial charge in [0.1, 0.15) is 11.4 Å². The van der Waals surface area contributed by atoms with E-state index in [2.05, 4.69) is 20.6 Å². The first kappa shape index (κ1) is 15.5. The lowest BCUT2D eigenvalue weighted by Gasteiger charge is -2.08. The SMILES string of the molecule is COc1ccc2c(=O)c(NC(=O)NCc3ccncc3)c[nH]c2c1. The van der Waals surface area contributed by atoms with Crippen LogP contribution in [0.4, 0.5) is 10.5 Å². The highest BCUT2D eigenvalue weighted by Gasteiger charge is 2.09. The second-order valence-corrected chi connectivity index (χ2v) is 5.11. The first-order chi connectivity index (χ1) is 11.7. The molecule has 0 atom stereocenters. The number of amides is 2. The summed E-state index contributed by atoms with van der Waals surface area (Å²) in [5.74, 6) is 0.647. The summed E-state index contributed by atoms with van der Waals surface area (Å²) >= 11 is 0. The topological polar surface area (TPSA) is 96.1 Å². The van der Waals surface area contributed by atoms with E-state index < -0.39 is 6.03 Å². The van der Waals surface area contributed by atoms with Gasteiger partial charge in [-0.3, -0.25) is 9.78 Å². The van der Waals surface area contributed by atoms with Crippen molar-refractivity contribution in [3.63, 3.8) is 0 Å². The summed E-state index contributed by atoms with van der Waals surface area (Å²) in [5, 5.41) is 5.73. The van der Waals surface area contributed by atoms with Gasteiger partial charge >= 0.3 is 6.03 Å². The van der Waals surface area contributed by atoms with Crippen molar-refractivity contribution in [2.75, 3.05) is 12.4 Å². The number of pyridine rings is 2. The molecule has 24 heavy (non-hydrogen) atoms. The fourth-order valence-corrected chi connectivity index (χ4v) is 2.27. The van der Waals surface area contributed by atoms with E-state index >= 15 is 0 Å². The third-order valence-electron chi connectivity index (χ3n) is 3.54. The molecule has 0 fully saturated rings. The molecule has 0 unspecified atom stereocenters. The number of anilines is 1. The van der Waals surface area contributed by atoms with Crippen LogP contribution in [0.1, 0.15) is 5.56 Å². The number of benzene rings is 1. The van der Waals surface area contributed by atoms with Gasteiger partial charge in [0.2, 0.25) is 5.43 Å². The molecule has 1 aromatic carbocycles. The van der Waals surface area contributed by atoms with Gasteiger partial charge in [-0.1, -0.05) is 0 Å². The molecule has 0 bridgehead atoms. The number of methoxy groups -OCH3 is 1. The summed E-state index contributed by atoms with van der Waals surface area (Å²) in [4.78, 5) is 31.3. The molecule has 0 aliphatic carbocycles. The average Bonchev–Trinajstić information content (AvgIpc) is 2.63. The Labute approximate surface area is 137 Å². The smallest absolute Gasteiger partial charge is 0.319 e. The summed E-state index contributed by atoms with van der Waals surface area (Å²) in [6.45, 7) is 0.344. The number of rotatable bonds is 4. The molecule has 2 aromatic heterocycles. The fourth-order valence-electron chi connectivity index (χ4n) is 2.27. The molecule has 0 saturated carbocycles. The first-order valence-electron chi connectivity index (χ1n) is 7.30. The standard InChI is InChI=1S/C17H16N4O3/c1-24-12-2-3-13-14(8-12)19-10-15(16(13)22)21-17(23)20-9-11-4-6-18-7-5-11/h2-8,10H,9H2,1H3,(H,19,22)(H2,20,21,23). The maximum atomic E-state index is 12.4. The second kappa shape index (κ2) is 6.82. The van der Waals surface area contributed by atoms with Gasteiger partial charge in [-0.25, -0.2) is 4.79 Å². The van der Waals surface area contributed by atoms with Crippen LogP contribution < -0.4 is 20.8 Å². The van der Waals surface area contributed by atoms with E-state index in [0.29, 0.717) is 23.2 Å². The number of nitrogens with zero attached hydrogens (tertiary/aromatic N) is 1. The van der Waals surface area contributed by atoms with Gasteiger partial charge in [-0.15, -0.1) is 0 Å². The molecule has 7 heteroatoms. The van der Waals surface area contributed by atoms with Crippen molar-refractivity contribution < 1.29 is 9.53 Å². The molecule has 3 aromatic rings. The Morgan fingerprint density at radius 2 is 2.04 bits per heavy atom. The van der Waals surface area contributed by atoms with Gasteiger partial charge < -0.3 is 20.4 Å². The molecule has 7 nitrogen and oxygen atoms in total. The highest BCUT2D eigenvalue weighted by molar-refractivity contribution is 5.92. The van der Waals surface area contributed by atoms with Crippen LogP contribution in [0.3, 0.4) is 0 Å². The van der Waals surface area contributed by atoms with Crippen molar-refractivity contribution in [2.45, 2.75) is 6.54 Å². The van der Waals surface area contributed by atoms with E-state index in [0.717, 1.165) is 5.56 Å². The zero-order chi connectivity index (χ0) is 16.9. The zero-order valence-corrected chi connectivity index (χ0v) is 13.0. The quantitative estimate of drug-likeness (QED) is 0.686. The Balaban J connectivity index is 1.74. The van der Waals surface area contributed by atoms with E-state index in [9.17, 15) is 9.59 Å². The monoisotopic (exact) mass is 324 g/mol. The maximum absolute atomic E-state index is 12.4. The van der Waals surface area contributed by atoms with E-state index in [4.69, 9.17) is 4.74 Å². The number of carbonyl (C=O) groups excluding carboxylic acids is 1. The second-order valence-electron chi connectivity index (χ2n) is 5.11. The highest BCUT2D eigenvalue weighted by Crippen LogP contribution is 2.17. The number of aromatic amines is 1. The van der Waals surface area contributed by atoms with Crippen LogP contribution in [0.15, 0.2) is 53.7 Å². The highest BCUT2D eigenvalue weighted by atomic mass is 16.5. The van der Waals surface area contributed by atoms with Crippen LogP contribution in [-0.2, 0) is 6.54 Å². The van der Waals surface area contributed by atoms with E-state index in [-0.39, 0.29) is 11.1 Å². The van der Waals surface area contributed by atoms with Crippen molar-refractivity contribution >= 4 is 22.6 Å². The van der Waals surface area contributed by atoms with E-state index in [1.54, 1.807) is 49.8 Å². The average molecular weight is 324 g/mol. The largest absolute Gasteiger partial charge is 0.497 e. The number of hydrogen-bond donors (Lipinski definition) is 3. The minimum atomic E-state index is -0.454. The molecule has 3 rings (SSSR count). The Bertz CT molecular complexity index is 922. The Morgan fingerprint density at radius 3 is 2.79 bits per heavy atom. The van der Waals surface area contributed by atoms with Crippen LogP contribution in [0, 0.1) is 0 Å². The predicted octanol–water partition coefficient (Wildman–Crippen LogP) is 2.25. The lowest BCUT2D eigenvalue weighted by molar-refractivity contribution is 0.251. The third kappa shape index (κ3) is 3.35. The Morgan fingerprint density at radius 1 is 1.25 bits per heavy atom. The summed E-state index contributed by atoms with van der Waals surface area (Å²) in [6, 6.07) is 8.24. The molecular formula is C17H16N4O3. The van der Waals surface area contributed by atoms with Gasteiger partial charge in [-0.2, -0.15) is 0 Å². The molecule has 2 heterocycles. The van der Waals surface area contributed by atoms with Crippen LogP contribution in [-0.4, -0.2) is 23.1 Å². The lowest BCUT2D eigenvalue weighted by atomic mass is 10.2. The number of H-pyrrole nitrogens is 1. The van der Waals surface area contributed by atoms with Crippen LogP contribution in [0.5, 0.6) is 5.75 Å². The minimum absolute atomic E-state index is 0.180. The van der Waals surface area contributed by atoms with Crippen molar-refractivity contribution in [3.05, 3.63) is 64.7 Å². The molecule has 0 spiro atoms. The Kier molecular flexibility index (Phi) is 4.42. The number of urea groups is 1. The normalized spacial score (nSPS) is 10.4. The summed E-state index contributed by atoms with van der Waals surface area (Å²) < 4.78 is 5.12. The zero-order valence-electron chi connectivity index (χ0n) is 13.0. The molecule has 0 radical (unpaired) electrons. The predicted molar refractivity (Wildman–Crippen MR) is 91.2 cm³/mol. The van der Waals surface area contributed by atoms with E-state index in [1.807, 2.05) is 0 Å². The van der Waals surface area contributed by atoms with Crippen LogP contribution >= 0.6 is 0 Å². The van der Waals surface area contributed by atoms with E-state index in [1.165, 1.54) is 6.20 Å². The van der Waals surface area contributed by atoms with Crippen molar-refractivity contribution in [1.29, 1.82) is 0 Å². The van der Waals surface area contributed by atoms with Crippen LogP contribution in [0.2, 0.25) is 0 Å². The molecule has 2 amide bonds. The number of ether oxygens (including phenoxy) is 1. The Hall–Kier alpha value is -3.35. The lowest BCUT2D eigenvalue weighted by Crippen LogP contribution is -2.30. The van der Waals surface area contributed by atoms with Gasteiger partial charge in [0, 0.05) is 36.6 Å². The number of carbonyl (C=O) groups is 1. The first-order valence-corrected chi connectivity index (χ1v) is 7.30. The number of fused-ring (bicyclic) bond motifs is 1. The van der Waals surface area contributed by atoms with Gasteiger partial charge in [0.15, 0.2) is 0 Å². The van der Waals surface area contributed by atoms with Crippen molar-refractivity contribution in [3.8, 4) is 5.75 Å². The molecule has 0 aliphatic rings. The minimum Gasteiger partial charge on any atom is -0.497 e. The van der Waals surface area contributed by atoms with Crippen molar-refractivity contribution in [1.82, 2.24) is 15.3 Å². The summed E-state index contributed by atoms with van der Waals surface area (Å²) in [6.07, 6.45) is 4.77. The fraction of sp³-hybridized carbons (Fsp3) is 0.118. The summed E-state index contributed by atoms with van der Waals surface area (Å²) in [5.41, 5.74) is 1.48. The molecule has 0 saturated heterocycles. The third-order valence-corrected chi connectivity index (χ3v) is 3.54. The number of aromatic nitrogens is 2. The molecule has 3 N–H and O–H groups in total. The van der Waals surface area contributed by atoms with Crippen LogP contribution in [0.25, 0.3) is 10.9 Å². The summed E-state index contributed by atoms with van der Waals surface area (Å²) in [7, 11) is 1.56. The molecule has 0 aliphatic heterocycles. The van der Waals surface area contributed by atoms with Gasteiger partial charge in [-0.05, 0) is 29.8 Å². The molecule has 122 valence electrons. The number of nitrogens with one attached hydrogen (secondary N) is 3. The maximum Gasteiger partial charge on any atom is 0.319 e.